The van der Waals surface area contributed by atoms with Crippen molar-refractivity contribution in [2.75, 3.05) is 11.9 Å². The van der Waals surface area contributed by atoms with Crippen molar-refractivity contribution in [1.82, 2.24) is 9.78 Å². The smallest absolute Gasteiger partial charge is 0.0771 e. The molecule has 0 spiro atoms. The molecule has 0 amide bonds. The lowest BCUT2D eigenvalue weighted by Gasteiger charge is -2.11. The second kappa shape index (κ2) is 5.08. The van der Waals surface area contributed by atoms with Crippen LogP contribution >= 0.6 is 0 Å². The largest absolute Gasteiger partial charge is 0.380 e. The van der Waals surface area contributed by atoms with Crippen molar-refractivity contribution in [1.29, 1.82) is 0 Å². The highest BCUT2D eigenvalue weighted by atomic mass is 16.5. The van der Waals surface area contributed by atoms with Crippen LogP contribution in [0, 0.1) is 0 Å². The minimum atomic E-state index is 0.370. The van der Waals surface area contributed by atoms with Crippen LogP contribution in [-0.2, 0) is 11.3 Å². The quantitative estimate of drug-likeness (QED) is 0.871. The van der Waals surface area contributed by atoms with E-state index in [-0.39, 0.29) is 0 Å². The lowest BCUT2D eigenvalue weighted by molar-refractivity contribution is 0.0940. The summed E-state index contributed by atoms with van der Waals surface area (Å²) in [4.78, 5) is 0. The molecule has 1 aromatic rings. The maximum Gasteiger partial charge on any atom is 0.0771 e. The van der Waals surface area contributed by atoms with Gasteiger partial charge in [0.2, 0.25) is 0 Å². The molecule has 1 N–H and O–H groups in total. The van der Waals surface area contributed by atoms with Crippen molar-refractivity contribution in [2.45, 2.75) is 57.2 Å². The summed E-state index contributed by atoms with van der Waals surface area (Å²) in [6, 6.07) is 0.662. The summed E-state index contributed by atoms with van der Waals surface area (Å²) in [5.41, 5.74) is 1.16. The number of rotatable bonds is 4. The number of aromatic nitrogens is 2. The summed E-state index contributed by atoms with van der Waals surface area (Å²) < 4.78 is 7.63. The number of ether oxygens (including phenoxy) is 1. The van der Waals surface area contributed by atoms with Crippen LogP contribution in [0.4, 0.5) is 5.69 Å². The van der Waals surface area contributed by atoms with Gasteiger partial charge in [0.25, 0.3) is 0 Å². The Morgan fingerprint density at radius 2 is 2.18 bits per heavy atom. The summed E-state index contributed by atoms with van der Waals surface area (Å²) in [5, 5.41) is 7.96. The number of hydrogen-bond donors (Lipinski definition) is 1. The normalized spacial score (nSPS) is 25.5. The van der Waals surface area contributed by atoms with E-state index < -0.39 is 0 Å². The standard InChI is InChI=1S/C13H21N3O/c1-2-5-11(4-1)15-12-8-14-16(9-12)10-13-6-3-7-17-13/h8-9,11,13,15H,1-7,10H2. The van der Waals surface area contributed by atoms with Gasteiger partial charge in [-0.25, -0.2) is 0 Å². The van der Waals surface area contributed by atoms with Gasteiger partial charge < -0.3 is 10.1 Å². The van der Waals surface area contributed by atoms with E-state index in [4.69, 9.17) is 4.74 Å². The first-order valence-corrected chi connectivity index (χ1v) is 6.81. The Kier molecular flexibility index (Phi) is 3.31. The third-order valence-corrected chi connectivity index (χ3v) is 3.77. The van der Waals surface area contributed by atoms with Crippen LogP contribution < -0.4 is 5.32 Å². The summed E-state index contributed by atoms with van der Waals surface area (Å²) in [6.07, 6.45) is 12.1. The Balaban J connectivity index is 1.54. The van der Waals surface area contributed by atoms with Crippen LogP contribution in [-0.4, -0.2) is 28.5 Å². The molecule has 2 aliphatic rings. The minimum Gasteiger partial charge on any atom is -0.380 e. The molecule has 94 valence electrons. The van der Waals surface area contributed by atoms with Crippen LogP contribution in [0.15, 0.2) is 12.4 Å². The number of anilines is 1. The van der Waals surface area contributed by atoms with Crippen molar-refractivity contribution in [3.63, 3.8) is 0 Å². The summed E-state index contributed by atoms with van der Waals surface area (Å²) >= 11 is 0. The van der Waals surface area contributed by atoms with Gasteiger partial charge in [0.05, 0.1) is 24.5 Å². The lowest BCUT2D eigenvalue weighted by atomic mass is 10.2. The van der Waals surface area contributed by atoms with Crippen molar-refractivity contribution >= 4 is 5.69 Å². The first kappa shape index (κ1) is 11.1. The molecule has 1 aliphatic carbocycles. The first-order chi connectivity index (χ1) is 8.40. The Morgan fingerprint density at radius 3 is 2.94 bits per heavy atom. The van der Waals surface area contributed by atoms with E-state index >= 15 is 0 Å². The zero-order valence-corrected chi connectivity index (χ0v) is 10.3. The topological polar surface area (TPSA) is 39.1 Å². The number of hydrogen-bond acceptors (Lipinski definition) is 3. The molecule has 2 heterocycles. The molecule has 2 fully saturated rings. The average Bonchev–Trinajstić information content (AvgIpc) is 3.02. The van der Waals surface area contributed by atoms with Crippen molar-refractivity contribution in [3.8, 4) is 0 Å². The lowest BCUT2D eigenvalue weighted by Crippen LogP contribution is -2.15. The van der Waals surface area contributed by atoms with Gasteiger partial charge in [-0.2, -0.15) is 5.10 Å². The maximum absolute atomic E-state index is 5.62. The molecular weight excluding hydrogens is 214 g/mol. The maximum atomic E-state index is 5.62. The van der Waals surface area contributed by atoms with Gasteiger partial charge in [-0.1, -0.05) is 12.8 Å². The van der Waals surface area contributed by atoms with E-state index in [1.807, 2.05) is 10.9 Å². The molecule has 1 aliphatic heterocycles. The second-order valence-electron chi connectivity index (χ2n) is 5.21. The molecule has 4 heteroatoms. The van der Waals surface area contributed by atoms with Crippen LogP contribution in [0.5, 0.6) is 0 Å². The third kappa shape index (κ3) is 2.80. The number of nitrogens with zero attached hydrogens (tertiary/aromatic N) is 2. The van der Waals surface area contributed by atoms with E-state index in [1.54, 1.807) is 0 Å². The fraction of sp³-hybridized carbons (Fsp3) is 0.769. The molecule has 1 unspecified atom stereocenters. The Morgan fingerprint density at radius 1 is 1.29 bits per heavy atom. The fourth-order valence-electron chi connectivity index (χ4n) is 2.84. The van der Waals surface area contributed by atoms with Gasteiger partial charge >= 0.3 is 0 Å². The predicted molar refractivity (Wildman–Crippen MR) is 67.1 cm³/mol. The van der Waals surface area contributed by atoms with Crippen LogP contribution in [0.3, 0.4) is 0 Å². The monoisotopic (exact) mass is 235 g/mol. The van der Waals surface area contributed by atoms with Crippen LogP contribution in [0.1, 0.15) is 38.5 Å². The summed E-state index contributed by atoms with van der Waals surface area (Å²) in [5.74, 6) is 0. The van der Waals surface area contributed by atoms with Crippen molar-refractivity contribution in [3.05, 3.63) is 12.4 Å². The number of nitrogens with one attached hydrogen (secondary N) is 1. The predicted octanol–water partition coefficient (Wildman–Crippen LogP) is 2.42. The first-order valence-electron chi connectivity index (χ1n) is 6.81. The Hall–Kier alpha value is -1.03. The molecule has 1 aromatic heterocycles. The SMILES string of the molecule is c1nn(CC2CCCO2)cc1NC1CCCC1. The molecule has 4 nitrogen and oxygen atoms in total. The van der Waals surface area contributed by atoms with E-state index in [2.05, 4.69) is 16.6 Å². The molecule has 0 bridgehead atoms. The van der Waals surface area contributed by atoms with Gasteiger partial charge in [0, 0.05) is 18.8 Å². The van der Waals surface area contributed by atoms with Gasteiger partial charge in [-0.15, -0.1) is 0 Å². The van der Waals surface area contributed by atoms with Gasteiger partial charge in [-0.05, 0) is 25.7 Å². The molecule has 0 aromatic carbocycles. The highest BCUT2D eigenvalue weighted by Crippen LogP contribution is 2.22. The molecule has 3 rings (SSSR count). The Bertz CT molecular complexity index is 319. The molecular formula is C13H21N3O. The van der Waals surface area contributed by atoms with Crippen molar-refractivity contribution < 1.29 is 4.74 Å². The van der Waals surface area contributed by atoms with E-state index in [0.29, 0.717) is 12.1 Å². The summed E-state index contributed by atoms with van der Waals surface area (Å²) in [6.45, 7) is 1.81. The van der Waals surface area contributed by atoms with E-state index in [0.717, 1.165) is 18.8 Å². The van der Waals surface area contributed by atoms with Gasteiger partial charge in [0.1, 0.15) is 0 Å². The van der Waals surface area contributed by atoms with Crippen LogP contribution in [0.25, 0.3) is 0 Å². The third-order valence-electron chi connectivity index (χ3n) is 3.77. The zero-order valence-electron chi connectivity index (χ0n) is 10.3. The highest BCUT2D eigenvalue weighted by molar-refractivity contribution is 5.39. The summed E-state index contributed by atoms with van der Waals surface area (Å²) in [7, 11) is 0. The second-order valence-corrected chi connectivity index (χ2v) is 5.21. The zero-order chi connectivity index (χ0) is 11.5. The average molecular weight is 235 g/mol. The van der Waals surface area contributed by atoms with E-state index in [9.17, 15) is 0 Å². The van der Waals surface area contributed by atoms with Crippen molar-refractivity contribution in [2.24, 2.45) is 0 Å². The fourth-order valence-corrected chi connectivity index (χ4v) is 2.84. The van der Waals surface area contributed by atoms with Gasteiger partial charge in [-0.3, -0.25) is 4.68 Å². The highest BCUT2D eigenvalue weighted by Gasteiger charge is 2.17. The molecule has 0 radical (unpaired) electrons. The van der Waals surface area contributed by atoms with E-state index in [1.165, 1.54) is 38.5 Å². The molecule has 1 saturated carbocycles. The molecule has 17 heavy (non-hydrogen) atoms. The molecule has 1 saturated heterocycles. The Labute approximate surface area is 102 Å². The van der Waals surface area contributed by atoms with Crippen LogP contribution in [0.2, 0.25) is 0 Å². The molecule has 1 atom stereocenters. The minimum absolute atomic E-state index is 0.370. The van der Waals surface area contributed by atoms with Gasteiger partial charge in [0.15, 0.2) is 0 Å².